The Morgan fingerprint density at radius 2 is 2.25 bits per heavy atom. The summed E-state index contributed by atoms with van der Waals surface area (Å²) >= 11 is 0. The standard InChI is InChI=1S/C12H21N3O/c1-11(2)8-15(5-4-12(11,3)16)7-10-6-13-9-14-10/h6,9,16H,4-5,7-8H2,1-3H3,(H,13,14)/t12-/m0/s1. The van der Waals surface area contributed by atoms with Crippen molar-refractivity contribution in [3.05, 3.63) is 18.2 Å². The van der Waals surface area contributed by atoms with Crippen LogP contribution in [0.5, 0.6) is 0 Å². The molecule has 1 aromatic rings. The highest BCUT2D eigenvalue weighted by Crippen LogP contribution is 2.38. The zero-order valence-corrected chi connectivity index (χ0v) is 10.3. The SMILES string of the molecule is CC1(C)CN(Cc2cnc[nH]2)CC[C@]1(C)O. The molecule has 1 aromatic heterocycles. The highest BCUT2D eigenvalue weighted by molar-refractivity contribution is 5.00. The quantitative estimate of drug-likeness (QED) is 0.796. The Morgan fingerprint density at radius 3 is 2.81 bits per heavy atom. The number of nitrogens with zero attached hydrogens (tertiary/aromatic N) is 2. The molecular formula is C12H21N3O. The van der Waals surface area contributed by atoms with Gasteiger partial charge in [-0.15, -0.1) is 0 Å². The summed E-state index contributed by atoms with van der Waals surface area (Å²) in [6, 6.07) is 0. The van der Waals surface area contributed by atoms with Crippen molar-refractivity contribution in [1.29, 1.82) is 0 Å². The number of H-pyrrole nitrogens is 1. The van der Waals surface area contributed by atoms with Crippen LogP contribution in [-0.4, -0.2) is 38.7 Å². The van der Waals surface area contributed by atoms with Crippen LogP contribution in [0.15, 0.2) is 12.5 Å². The second-order valence-electron chi connectivity index (χ2n) is 5.70. The third-order valence-electron chi connectivity index (χ3n) is 3.94. The van der Waals surface area contributed by atoms with Crippen LogP contribution in [0.3, 0.4) is 0 Å². The van der Waals surface area contributed by atoms with Gasteiger partial charge in [-0.1, -0.05) is 13.8 Å². The fraction of sp³-hybridized carbons (Fsp3) is 0.750. The number of aromatic amines is 1. The number of hydrogen-bond donors (Lipinski definition) is 2. The third kappa shape index (κ3) is 2.13. The monoisotopic (exact) mass is 223 g/mol. The summed E-state index contributed by atoms with van der Waals surface area (Å²) in [5, 5.41) is 10.3. The van der Waals surface area contributed by atoms with Crippen molar-refractivity contribution >= 4 is 0 Å². The molecule has 1 aliphatic heterocycles. The molecular weight excluding hydrogens is 202 g/mol. The molecule has 2 rings (SSSR count). The van der Waals surface area contributed by atoms with Crippen LogP contribution < -0.4 is 0 Å². The lowest BCUT2D eigenvalue weighted by atomic mass is 9.71. The van der Waals surface area contributed by atoms with Gasteiger partial charge in [0.2, 0.25) is 0 Å². The van der Waals surface area contributed by atoms with Crippen LogP contribution in [0, 0.1) is 5.41 Å². The van der Waals surface area contributed by atoms with Gasteiger partial charge in [0.15, 0.2) is 0 Å². The van der Waals surface area contributed by atoms with E-state index in [1.165, 1.54) is 0 Å². The number of aliphatic hydroxyl groups is 1. The first-order valence-corrected chi connectivity index (χ1v) is 5.83. The van der Waals surface area contributed by atoms with Gasteiger partial charge < -0.3 is 10.1 Å². The van der Waals surface area contributed by atoms with E-state index in [1.807, 2.05) is 13.1 Å². The maximum atomic E-state index is 10.3. The summed E-state index contributed by atoms with van der Waals surface area (Å²) in [5.41, 5.74) is 0.514. The van der Waals surface area contributed by atoms with Crippen LogP contribution in [0.2, 0.25) is 0 Å². The summed E-state index contributed by atoms with van der Waals surface area (Å²) in [7, 11) is 0. The van der Waals surface area contributed by atoms with Crippen LogP contribution >= 0.6 is 0 Å². The molecule has 1 atom stereocenters. The summed E-state index contributed by atoms with van der Waals surface area (Å²) < 4.78 is 0. The molecule has 2 heterocycles. The first kappa shape index (κ1) is 11.6. The fourth-order valence-electron chi connectivity index (χ4n) is 2.27. The number of rotatable bonds is 2. The molecule has 0 bridgehead atoms. The van der Waals surface area contributed by atoms with E-state index >= 15 is 0 Å². The summed E-state index contributed by atoms with van der Waals surface area (Å²) in [6.07, 6.45) is 4.40. The topological polar surface area (TPSA) is 52.2 Å². The number of imidazole rings is 1. The van der Waals surface area contributed by atoms with E-state index in [0.717, 1.165) is 31.7 Å². The summed E-state index contributed by atoms with van der Waals surface area (Å²) in [6.45, 7) is 8.95. The average molecular weight is 223 g/mol. The maximum Gasteiger partial charge on any atom is 0.0922 e. The maximum absolute atomic E-state index is 10.3. The lowest BCUT2D eigenvalue weighted by Crippen LogP contribution is -2.55. The van der Waals surface area contributed by atoms with E-state index in [4.69, 9.17) is 0 Å². The molecule has 0 aliphatic carbocycles. The molecule has 4 nitrogen and oxygen atoms in total. The zero-order valence-electron chi connectivity index (χ0n) is 10.3. The van der Waals surface area contributed by atoms with Gasteiger partial charge in [0, 0.05) is 36.9 Å². The van der Waals surface area contributed by atoms with Crippen LogP contribution in [0.25, 0.3) is 0 Å². The van der Waals surface area contributed by atoms with E-state index in [1.54, 1.807) is 6.33 Å². The molecule has 0 spiro atoms. The molecule has 4 heteroatoms. The Hall–Kier alpha value is -0.870. The van der Waals surface area contributed by atoms with Crippen molar-refractivity contribution in [3.8, 4) is 0 Å². The van der Waals surface area contributed by atoms with Crippen molar-refractivity contribution in [2.24, 2.45) is 5.41 Å². The van der Waals surface area contributed by atoms with E-state index in [2.05, 4.69) is 28.7 Å². The lowest BCUT2D eigenvalue weighted by molar-refractivity contribution is -0.107. The van der Waals surface area contributed by atoms with Crippen LogP contribution in [-0.2, 0) is 6.54 Å². The molecule has 0 radical (unpaired) electrons. The van der Waals surface area contributed by atoms with Gasteiger partial charge in [0.1, 0.15) is 0 Å². The van der Waals surface area contributed by atoms with Gasteiger partial charge in [0.25, 0.3) is 0 Å². The first-order valence-electron chi connectivity index (χ1n) is 5.83. The van der Waals surface area contributed by atoms with Gasteiger partial charge in [-0.25, -0.2) is 4.98 Å². The van der Waals surface area contributed by atoms with Gasteiger partial charge in [0.05, 0.1) is 11.9 Å². The van der Waals surface area contributed by atoms with Crippen molar-refractivity contribution in [2.45, 2.75) is 39.3 Å². The minimum atomic E-state index is -0.558. The van der Waals surface area contributed by atoms with E-state index in [9.17, 15) is 5.11 Å². The number of hydrogen-bond acceptors (Lipinski definition) is 3. The van der Waals surface area contributed by atoms with Crippen LogP contribution in [0.1, 0.15) is 32.9 Å². The Labute approximate surface area is 96.7 Å². The van der Waals surface area contributed by atoms with Crippen molar-refractivity contribution in [1.82, 2.24) is 14.9 Å². The van der Waals surface area contributed by atoms with Gasteiger partial charge in [-0.2, -0.15) is 0 Å². The lowest BCUT2D eigenvalue weighted by Gasteiger charge is -2.48. The predicted molar refractivity (Wildman–Crippen MR) is 62.9 cm³/mol. The number of nitrogens with one attached hydrogen (secondary N) is 1. The molecule has 0 saturated carbocycles. The number of piperidine rings is 1. The minimum Gasteiger partial charge on any atom is -0.390 e. The van der Waals surface area contributed by atoms with Crippen molar-refractivity contribution < 1.29 is 5.11 Å². The predicted octanol–water partition coefficient (Wildman–Crippen LogP) is 1.39. The Kier molecular flexibility index (Phi) is 2.80. The molecule has 0 amide bonds. The molecule has 2 N–H and O–H groups in total. The van der Waals surface area contributed by atoms with Gasteiger partial charge in [-0.3, -0.25) is 4.90 Å². The Morgan fingerprint density at radius 1 is 1.50 bits per heavy atom. The molecule has 16 heavy (non-hydrogen) atoms. The number of aromatic nitrogens is 2. The van der Waals surface area contributed by atoms with Crippen LogP contribution in [0.4, 0.5) is 0 Å². The largest absolute Gasteiger partial charge is 0.390 e. The van der Waals surface area contributed by atoms with Crippen molar-refractivity contribution in [2.75, 3.05) is 13.1 Å². The molecule has 1 fully saturated rings. The molecule has 90 valence electrons. The Bertz CT molecular complexity index is 343. The van der Waals surface area contributed by atoms with Gasteiger partial charge >= 0.3 is 0 Å². The summed E-state index contributed by atoms with van der Waals surface area (Å²) in [4.78, 5) is 9.50. The zero-order chi connectivity index (χ0) is 11.8. The van der Waals surface area contributed by atoms with Gasteiger partial charge in [-0.05, 0) is 13.3 Å². The van der Waals surface area contributed by atoms with E-state index < -0.39 is 5.60 Å². The smallest absolute Gasteiger partial charge is 0.0922 e. The second-order valence-corrected chi connectivity index (χ2v) is 5.70. The number of likely N-dealkylation sites (tertiary alicyclic amines) is 1. The molecule has 1 aliphatic rings. The van der Waals surface area contributed by atoms with E-state index in [-0.39, 0.29) is 5.41 Å². The molecule has 0 unspecified atom stereocenters. The first-order chi connectivity index (χ1) is 7.41. The summed E-state index contributed by atoms with van der Waals surface area (Å²) in [5.74, 6) is 0. The second kappa shape index (κ2) is 3.86. The average Bonchev–Trinajstić information content (AvgIpc) is 2.64. The Balaban J connectivity index is 2.01. The normalized spacial score (nSPS) is 30.5. The van der Waals surface area contributed by atoms with Crippen molar-refractivity contribution in [3.63, 3.8) is 0 Å². The van der Waals surface area contributed by atoms with E-state index in [0.29, 0.717) is 0 Å². The highest BCUT2D eigenvalue weighted by atomic mass is 16.3. The third-order valence-corrected chi connectivity index (χ3v) is 3.94. The fourth-order valence-corrected chi connectivity index (χ4v) is 2.27. The highest BCUT2D eigenvalue weighted by Gasteiger charge is 2.43. The molecule has 1 saturated heterocycles. The molecule has 0 aromatic carbocycles. The minimum absolute atomic E-state index is 0.0642.